The van der Waals surface area contributed by atoms with Crippen molar-refractivity contribution in [1.29, 1.82) is 0 Å². The fraction of sp³-hybridized carbons (Fsp3) is 0.882. The van der Waals surface area contributed by atoms with Crippen LogP contribution in [0.5, 0.6) is 0 Å². The summed E-state index contributed by atoms with van der Waals surface area (Å²) < 4.78 is 5.40. The highest BCUT2D eigenvalue weighted by atomic mass is 16.6. The summed E-state index contributed by atoms with van der Waals surface area (Å²) in [4.78, 5) is 25.8. The Hall–Kier alpha value is -1.26. The average molecular weight is 311 g/mol. The van der Waals surface area contributed by atoms with Crippen molar-refractivity contribution in [2.75, 3.05) is 13.1 Å². The SMILES string of the molecule is CC(C)(C)OC(=O)N1CCC(C(=O)O)(C2(C)CCCC2)CC1. The lowest BCUT2D eigenvalue weighted by atomic mass is 9.58. The predicted molar refractivity (Wildman–Crippen MR) is 83.7 cm³/mol. The fourth-order valence-corrected chi connectivity index (χ4v) is 4.11. The Bertz CT molecular complexity index is 438. The van der Waals surface area contributed by atoms with Gasteiger partial charge in [-0.2, -0.15) is 0 Å². The molecule has 0 radical (unpaired) electrons. The van der Waals surface area contributed by atoms with Gasteiger partial charge in [0.25, 0.3) is 0 Å². The molecule has 2 rings (SSSR count). The molecule has 0 aromatic carbocycles. The molecule has 1 amide bonds. The predicted octanol–water partition coefficient (Wildman–Crippen LogP) is 3.67. The molecule has 126 valence electrons. The molecule has 0 atom stereocenters. The van der Waals surface area contributed by atoms with E-state index in [1.165, 1.54) is 0 Å². The average Bonchev–Trinajstić information content (AvgIpc) is 2.85. The lowest BCUT2D eigenvalue weighted by molar-refractivity contribution is -0.163. The first kappa shape index (κ1) is 17.1. The molecule has 5 heteroatoms. The van der Waals surface area contributed by atoms with Crippen molar-refractivity contribution in [3.05, 3.63) is 0 Å². The molecule has 1 aliphatic heterocycles. The van der Waals surface area contributed by atoms with E-state index >= 15 is 0 Å². The van der Waals surface area contributed by atoms with Crippen LogP contribution in [0.25, 0.3) is 0 Å². The molecule has 1 saturated carbocycles. The van der Waals surface area contributed by atoms with Gasteiger partial charge in [0.15, 0.2) is 0 Å². The number of rotatable bonds is 2. The summed E-state index contributed by atoms with van der Waals surface area (Å²) in [5, 5.41) is 9.89. The molecule has 1 saturated heterocycles. The van der Waals surface area contributed by atoms with E-state index < -0.39 is 17.0 Å². The molecule has 5 nitrogen and oxygen atoms in total. The van der Waals surface area contributed by atoms with Gasteiger partial charge in [-0.05, 0) is 51.9 Å². The Kier molecular flexibility index (Phi) is 4.46. The van der Waals surface area contributed by atoms with Crippen LogP contribution in [0.15, 0.2) is 0 Å². The molecular weight excluding hydrogens is 282 g/mol. The Morgan fingerprint density at radius 3 is 1.95 bits per heavy atom. The van der Waals surface area contributed by atoms with Crippen LogP contribution in [0.4, 0.5) is 4.79 Å². The molecule has 0 unspecified atom stereocenters. The molecule has 2 aliphatic rings. The lowest BCUT2D eigenvalue weighted by Crippen LogP contribution is -2.54. The molecule has 2 fully saturated rings. The quantitative estimate of drug-likeness (QED) is 0.845. The third kappa shape index (κ3) is 3.08. The van der Waals surface area contributed by atoms with E-state index in [4.69, 9.17) is 4.74 Å². The molecule has 22 heavy (non-hydrogen) atoms. The van der Waals surface area contributed by atoms with Crippen molar-refractivity contribution >= 4 is 12.1 Å². The van der Waals surface area contributed by atoms with Crippen molar-refractivity contribution in [1.82, 2.24) is 4.90 Å². The van der Waals surface area contributed by atoms with Gasteiger partial charge in [-0.25, -0.2) is 4.79 Å². The first-order valence-corrected chi connectivity index (χ1v) is 8.31. The number of hydrogen-bond donors (Lipinski definition) is 1. The lowest BCUT2D eigenvalue weighted by Gasteiger charge is -2.48. The van der Waals surface area contributed by atoms with E-state index in [0.717, 1.165) is 25.7 Å². The van der Waals surface area contributed by atoms with Crippen molar-refractivity contribution in [2.45, 2.75) is 71.8 Å². The monoisotopic (exact) mass is 311 g/mol. The topological polar surface area (TPSA) is 66.8 Å². The highest BCUT2D eigenvalue weighted by Gasteiger charge is 2.56. The maximum absolute atomic E-state index is 12.2. The number of amides is 1. The summed E-state index contributed by atoms with van der Waals surface area (Å²) in [6, 6.07) is 0. The first-order chi connectivity index (χ1) is 10.1. The van der Waals surface area contributed by atoms with Crippen LogP contribution in [0.1, 0.15) is 66.2 Å². The number of ether oxygens (including phenoxy) is 1. The van der Waals surface area contributed by atoms with Gasteiger partial charge in [0.05, 0.1) is 5.41 Å². The van der Waals surface area contributed by atoms with Crippen LogP contribution >= 0.6 is 0 Å². The van der Waals surface area contributed by atoms with Crippen LogP contribution in [0.2, 0.25) is 0 Å². The Morgan fingerprint density at radius 2 is 1.55 bits per heavy atom. The van der Waals surface area contributed by atoms with Crippen molar-refractivity contribution < 1.29 is 19.4 Å². The zero-order valence-electron chi connectivity index (χ0n) is 14.3. The van der Waals surface area contributed by atoms with E-state index in [9.17, 15) is 14.7 Å². The first-order valence-electron chi connectivity index (χ1n) is 8.31. The van der Waals surface area contributed by atoms with E-state index in [0.29, 0.717) is 25.9 Å². The van der Waals surface area contributed by atoms with Crippen LogP contribution in [0, 0.1) is 10.8 Å². The Balaban J connectivity index is 2.08. The van der Waals surface area contributed by atoms with Gasteiger partial charge < -0.3 is 14.7 Å². The van der Waals surface area contributed by atoms with E-state index in [1.807, 2.05) is 20.8 Å². The normalized spacial score (nSPS) is 24.1. The maximum Gasteiger partial charge on any atom is 0.410 e. The second kappa shape index (κ2) is 5.74. The summed E-state index contributed by atoms with van der Waals surface area (Å²) >= 11 is 0. The Morgan fingerprint density at radius 1 is 1.05 bits per heavy atom. The van der Waals surface area contributed by atoms with Crippen molar-refractivity contribution in [2.24, 2.45) is 10.8 Å². The summed E-state index contributed by atoms with van der Waals surface area (Å²) in [6.07, 6.45) is 4.90. The van der Waals surface area contributed by atoms with Crippen LogP contribution < -0.4 is 0 Å². The second-order valence-corrected chi connectivity index (χ2v) is 8.12. The third-order valence-corrected chi connectivity index (χ3v) is 5.54. The zero-order valence-corrected chi connectivity index (χ0v) is 14.3. The minimum atomic E-state index is -0.694. The molecule has 0 spiro atoms. The van der Waals surface area contributed by atoms with Crippen LogP contribution in [-0.4, -0.2) is 40.8 Å². The number of aliphatic carboxylic acids is 1. The summed E-state index contributed by atoms with van der Waals surface area (Å²) in [5.41, 5.74) is -1.35. The highest BCUT2D eigenvalue weighted by molar-refractivity contribution is 5.77. The highest BCUT2D eigenvalue weighted by Crippen LogP contribution is 2.56. The molecule has 0 bridgehead atoms. The third-order valence-electron chi connectivity index (χ3n) is 5.54. The number of hydrogen-bond acceptors (Lipinski definition) is 3. The molecule has 1 aliphatic carbocycles. The van der Waals surface area contributed by atoms with Gasteiger partial charge >= 0.3 is 12.1 Å². The minimum Gasteiger partial charge on any atom is -0.481 e. The van der Waals surface area contributed by atoms with Crippen molar-refractivity contribution in [3.8, 4) is 0 Å². The number of nitrogens with zero attached hydrogens (tertiary/aromatic N) is 1. The summed E-state index contributed by atoms with van der Waals surface area (Å²) in [5.74, 6) is -0.694. The molecule has 0 aromatic heterocycles. The zero-order chi connectivity index (χ0) is 16.6. The number of carboxylic acid groups (broad SMARTS) is 1. The van der Waals surface area contributed by atoms with Gasteiger partial charge in [-0.15, -0.1) is 0 Å². The Labute approximate surface area is 133 Å². The van der Waals surface area contributed by atoms with Crippen LogP contribution in [-0.2, 0) is 9.53 Å². The van der Waals surface area contributed by atoms with E-state index in [2.05, 4.69) is 6.92 Å². The van der Waals surface area contributed by atoms with Gasteiger partial charge in [-0.3, -0.25) is 4.79 Å². The second-order valence-electron chi connectivity index (χ2n) is 8.12. The fourth-order valence-electron chi connectivity index (χ4n) is 4.11. The molecule has 1 heterocycles. The molecule has 1 N–H and O–H groups in total. The molecule has 0 aromatic rings. The van der Waals surface area contributed by atoms with Gasteiger partial charge in [-0.1, -0.05) is 19.8 Å². The number of piperidine rings is 1. The van der Waals surface area contributed by atoms with E-state index in [1.54, 1.807) is 4.90 Å². The largest absolute Gasteiger partial charge is 0.481 e. The van der Waals surface area contributed by atoms with Gasteiger partial charge in [0.2, 0.25) is 0 Å². The summed E-state index contributed by atoms with van der Waals surface area (Å²) in [7, 11) is 0. The van der Waals surface area contributed by atoms with Gasteiger partial charge in [0.1, 0.15) is 5.60 Å². The smallest absolute Gasteiger partial charge is 0.410 e. The molecular formula is C17H29NO4. The number of carbonyl (C=O) groups is 2. The van der Waals surface area contributed by atoms with E-state index in [-0.39, 0.29) is 11.5 Å². The summed E-state index contributed by atoms with van der Waals surface area (Å²) in [6.45, 7) is 8.59. The number of likely N-dealkylation sites (tertiary alicyclic amines) is 1. The number of carbonyl (C=O) groups excluding carboxylic acids is 1. The maximum atomic E-state index is 12.2. The van der Waals surface area contributed by atoms with Gasteiger partial charge in [0, 0.05) is 13.1 Å². The standard InChI is InChI=1S/C17H29NO4/c1-15(2,3)22-14(21)18-11-9-17(10-12-18,13(19)20)16(4)7-5-6-8-16/h5-12H2,1-4H3,(H,19,20). The van der Waals surface area contributed by atoms with Crippen molar-refractivity contribution in [3.63, 3.8) is 0 Å². The minimum absolute atomic E-state index is 0.140. The van der Waals surface area contributed by atoms with Crippen LogP contribution in [0.3, 0.4) is 0 Å². The number of carboxylic acids is 1.